The predicted octanol–water partition coefficient (Wildman–Crippen LogP) is 3.18. The summed E-state index contributed by atoms with van der Waals surface area (Å²) in [5.41, 5.74) is 7.28. The normalized spacial score (nSPS) is 10.2. The first-order valence-corrected chi connectivity index (χ1v) is 7.19. The van der Waals surface area contributed by atoms with E-state index >= 15 is 0 Å². The van der Waals surface area contributed by atoms with Gasteiger partial charge in [0.25, 0.3) is 0 Å². The van der Waals surface area contributed by atoms with E-state index in [4.69, 9.17) is 15.2 Å². The largest absolute Gasteiger partial charge is 0.492 e. The topological polar surface area (TPSA) is 74.4 Å². The van der Waals surface area contributed by atoms with Gasteiger partial charge in [-0.1, -0.05) is 0 Å². The van der Waals surface area contributed by atoms with Gasteiger partial charge >= 0.3 is 5.97 Å². The predicted molar refractivity (Wildman–Crippen MR) is 83.1 cm³/mol. The zero-order chi connectivity index (χ0) is 15.2. The lowest BCUT2D eigenvalue weighted by Gasteiger charge is -2.09. The second kappa shape index (κ2) is 7.08. The van der Waals surface area contributed by atoms with Crippen LogP contribution in [0.5, 0.6) is 5.75 Å². The minimum absolute atomic E-state index is 0.110. The van der Waals surface area contributed by atoms with Crippen LogP contribution >= 0.6 is 15.9 Å². The number of esters is 1. The number of aromatic nitrogens is 1. The molecule has 2 rings (SSSR count). The number of carbonyl (C=O) groups is 1. The van der Waals surface area contributed by atoms with Gasteiger partial charge in [0.2, 0.25) is 0 Å². The summed E-state index contributed by atoms with van der Waals surface area (Å²) >= 11 is 3.29. The minimum Gasteiger partial charge on any atom is -0.492 e. The maximum absolute atomic E-state index is 12.0. The molecule has 0 spiro atoms. The van der Waals surface area contributed by atoms with Crippen LogP contribution in [-0.4, -0.2) is 17.6 Å². The number of carbonyl (C=O) groups excluding carboxylic acids is 1. The molecule has 0 unspecified atom stereocenters. The Morgan fingerprint density at radius 3 is 2.76 bits per heavy atom. The summed E-state index contributed by atoms with van der Waals surface area (Å²) in [4.78, 5) is 16.1. The van der Waals surface area contributed by atoms with Gasteiger partial charge < -0.3 is 15.2 Å². The zero-order valence-electron chi connectivity index (χ0n) is 11.5. The van der Waals surface area contributed by atoms with Gasteiger partial charge in [0, 0.05) is 10.7 Å². The molecule has 0 bridgehead atoms. The van der Waals surface area contributed by atoms with Crippen LogP contribution in [0.15, 0.2) is 41.0 Å². The Balaban J connectivity index is 2.00. The van der Waals surface area contributed by atoms with Crippen molar-refractivity contribution in [3.63, 3.8) is 0 Å². The molecule has 0 aliphatic carbocycles. The molecule has 21 heavy (non-hydrogen) atoms. The first-order chi connectivity index (χ1) is 10.1. The average molecular weight is 351 g/mol. The molecule has 5 nitrogen and oxygen atoms in total. The van der Waals surface area contributed by atoms with E-state index in [1.54, 1.807) is 30.5 Å². The van der Waals surface area contributed by atoms with Gasteiger partial charge in [-0.2, -0.15) is 0 Å². The third-order valence-electron chi connectivity index (χ3n) is 2.69. The number of nitrogen functional groups attached to an aromatic ring is 1. The number of nitrogens with two attached hydrogens (primary N) is 1. The lowest BCUT2D eigenvalue weighted by molar-refractivity contribution is 0.0468. The molecule has 110 valence electrons. The first kappa shape index (κ1) is 15.3. The highest BCUT2D eigenvalue weighted by Gasteiger charge is 2.10. The van der Waals surface area contributed by atoms with Crippen molar-refractivity contribution in [2.45, 2.75) is 13.5 Å². The second-order valence-electron chi connectivity index (χ2n) is 4.23. The smallest absolute Gasteiger partial charge is 0.338 e. The molecule has 0 saturated heterocycles. The lowest BCUT2D eigenvalue weighted by Crippen LogP contribution is -2.07. The van der Waals surface area contributed by atoms with Crippen molar-refractivity contribution in [3.8, 4) is 5.75 Å². The average Bonchev–Trinajstić information content (AvgIpc) is 2.48. The van der Waals surface area contributed by atoms with Crippen LogP contribution in [0.2, 0.25) is 0 Å². The van der Waals surface area contributed by atoms with Gasteiger partial charge in [0.05, 0.1) is 23.6 Å². The summed E-state index contributed by atoms with van der Waals surface area (Å²) < 4.78 is 11.4. The number of benzene rings is 1. The lowest BCUT2D eigenvalue weighted by atomic mass is 10.2. The van der Waals surface area contributed by atoms with Crippen molar-refractivity contribution in [3.05, 3.63) is 52.3 Å². The van der Waals surface area contributed by atoms with Gasteiger partial charge in [-0.3, -0.25) is 4.98 Å². The van der Waals surface area contributed by atoms with E-state index in [1.807, 2.05) is 13.0 Å². The molecular weight excluding hydrogens is 336 g/mol. The SMILES string of the molecule is CCOc1ccc(C(=O)OCc2ccc(Br)cn2)cc1N. The Kier molecular flexibility index (Phi) is 5.16. The standard InChI is InChI=1S/C15H15BrN2O3/c1-2-20-14-6-3-10(7-13(14)17)15(19)21-9-12-5-4-11(16)8-18-12/h3-8H,2,9,17H2,1H3. The number of anilines is 1. The maximum atomic E-state index is 12.0. The molecule has 0 aliphatic rings. The van der Waals surface area contributed by atoms with Crippen molar-refractivity contribution >= 4 is 27.6 Å². The molecule has 1 aromatic carbocycles. The molecule has 1 heterocycles. The van der Waals surface area contributed by atoms with Crippen LogP contribution in [0.1, 0.15) is 23.0 Å². The first-order valence-electron chi connectivity index (χ1n) is 6.40. The Hall–Kier alpha value is -2.08. The molecule has 0 radical (unpaired) electrons. The number of rotatable bonds is 5. The van der Waals surface area contributed by atoms with E-state index in [-0.39, 0.29) is 6.61 Å². The van der Waals surface area contributed by atoms with E-state index in [0.29, 0.717) is 29.3 Å². The van der Waals surface area contributed by atoms with Crippen molar-refractivity contribution in [2.24, 2.45) is 0 Å². The van der Waals surface area contributed by atoms with Crippen molar-refractivity contribution in [1.29, 1.82) is 0 Å². The maximum Gasteiger partial charge on any atom is 0.338 e. The third-order valence-corrected chi connectivity index (χ3v) is 3.15. The van der Waals surface area contributed by atoms with Gasteiger partial charge in [-0.25, -0.2) is 4.79 Å². The van der Waals surface area contributed by atoms with Gasteiger partial charge in [0.15, 0.2) is 0 Å². The van der Waals surface area contributed by atoms with Crippen LogP contribution in [0.4, 0.5) is 5.69 Å². The van der Waals surface area contributed by atoms with Crippen LogP contribution < -0.4 is 10.5 Å². The molecule has 0 fully saturated rings. The highest BCUT2D eigenvalue weighted by Crippen LogP contribution is 2.23. The Labute approximate surface area is 131 Å². The summed E-state index contributed by atoms with van der Waals surface area (Å²) in [5, 5.41) is 0. The van der Waals surface area contributed by atoms with Crippen LogP contribution in [0, 0.1) is 0 Å². The number of hydrogen-bond donors (Lipinski definition) is 1. The summed E-state index contributed by atoms with van der Waals surface area (Å²) in [6.07, 6.45) is 1.65. The van der Waals surface area contributed by atoms with E-state index in [0.717, 1.165) is 4.47 Å². The number of hydrogen-bond acceptors (Lipinski definition) is 5. The van der Waals surface area contributed by atoms with Gasteiger partial charge in [-0.05, 0) is 53.2 Å². The number of nitrogens with zero attached hydrogens (tertiary/aromatic N) is 1. The van der Waals surface area contributed by atoms with Gasteiger partial charge in [0.1, 0.15) is 12.4 Å². The summed E-state index contributed by atoms with van der Waals surface area (Å²) in [6.45, 7) is 2.50. The van der Waals surface area contributed by atoms with Crippen LogP contribution in [-0.2, 0) is 11.3 Å². The van der Waals surface area contributed by atoms with E-state index < -0.39 is 5.97 Å². The third kappa shape index (κ3) is 4.19. The monoisotopic (exact) mass is 350 g/mol. The molecule has 0 saturated carbocycles. The van der Waals surface area contributed by atoms with E-state index in [9.17, 15) is 4.79 Å². The van der Waals surface area contributed by atoms with Crippen molar-refractivity contribution in [2.75, 3.05) is 12.3 Å². The Morgan fingerprint density at radius 2 is 2.14 bits per heavy atom. The Morgan fingerprint density at radius 1 is 1.33 bits per heavy atom. The molecule has 0 aliphatic heterocycles. The fourth-order valence-electron chi connectivity index (χ4n) is 1.68. The summed E-state index contributed by atoms with van der Waals surface area (Å²) in [7, 11) is 0. The van der Waals surface area contributed by atoms with Gasteiger partial charge in [-0.15, -0.1) is 0 Å². The molecule has 0 atom stereocenters. The summed E-state index contributed by atoms with van der Waals surface area (Å²) in [6, 6.07) is 8.45. The highest BCUT2D eigenvalue weighted by atomic mass is 79.9. The minimum atomic E-state index is -0.450. The number of halogens is 1. The highest BCUT2D eigenvalue weighted by molar-refractivity contribution is 9.10. The van der Waals surface area contributed by atoms with E-state index in [1.165, 1.54) is 0 Å². The molecule has 2 N–H and O–H groups in total. The number of pyridine rings is 1. The van der Waals surface area contributed by atoms with Crippen LogP contribution in [0.25, 0.3) is 0 Å². The zero-order valence-corrected chi connectivity index (χ0v) is 13.1. The fourth-order valence-corrected chi connectivity index (χ4v) is 1.91. The van der Waals surface area contributed by atoms with E-state index in [2.05, 4.69) is 20.9 Å². The molecule has 0 amide bonds. The fraction of sp³-hybridized carbons (Fsp3) is 0.200. The second-order valence-corrected chi connectivity index (χ2v) is 5.15. The molecular formula is C15H15BrN2O3. The molecule has 6 heteroatoms. The molecule has 1 aromatic heterocycles. The van der Waals surface area contributed by atoms with Crippen molar-refractivity contribution in [1.82, 2.24) is 4.98 Å². The quantitative estimate of drug-likeness (QED) is 0.662. The summed E-state index contributed by atoms with van der Waals surface area (Å²) in [5.74, 6) is 0.109. The van der Waals surface area contributed by atoms with Crippen molar-refractivity contribution < 1.29 is 14.3 Å². The van der Waals surface area contributed by atoms with Crippen LogP contribution in [0.3, 0.4) is 0 Å². The number of ether oxygens (including phenoxy) is 2. The molecule has 2 aromatic rings. The Bertz CT molecular complexity index is 629.